The minimum absolute atomic E-state index is 0.101. The van der Waals surface area contributed by atoms with Crippen LogP contribution in [0.25, 0.3) is 0 Å². The van der Waals surface area contributed by atoms with E-state index in [0.717, 1.165) is 18.5 Å². The lowest BCUT2D eigenvalue weighted by Crippen LogP contribution is -2.15. The number of rotatable bonds is 4. The van der Waals surface area contributed by atoms with Gasteiger partial charge in [0.15, 0.2) is 0 Å². The van der Waals surface area contributed by atoms with E-state index in [1.807, 2.05) is 19.0 Å². The van der Waals surface area contributed by atoms with Gasteiger partial charge in [0.05, 0.1) is 16.7 Å². The van der Waals surface area contributed by atoms with E-state index in [2.05, 4.69) is 0 Å². The Morgan fingerprint density at radius 1 is 1.35 bits per heavy atom. The molecule has 0 amide bonds. The summed E-state index contributed by atoms with van der Waals surface area (Å²) in [6, 6.07) is 4.67. The summed E-state index contributed by atoms with van der Waals surface area (Å²) in [6.07, 6.45) is 2.39. The highest BCUT2D eigenvalue weighted by Crippen LogP contribution is 2.34. The van der Waals surface area contributed by atoms with Crippen molar-refractivity contribution in [2.24, 2.45) is 5.14 Å². The molecule has 0 aromatic heterocycles. The zero-order valence-corrected chi connectivity index (χ0v) is 10.7. The van der Waals surface area contributed by atoms with Crippen molar-refractivity contribution in [2.75, 3.05) is 19.0 Å². The van der Waals surface area contributed by atoms with Gasteiger partial charge >= 0.3 is 0 Å². The van der Waals surface area contributed by atoms with Crippen molar-refractivity contribution in [1.82, 2.24) is 0 Å². The molecule has 0 spiro atoms. The third-order valence-corrected chi connectivity index (χ3v) is 3.47. The van der Waals surface area contributed by atoms with Crippen LogP contribution in [-0.2, 0) is 10.0 Å². The number of hydrogen-bond acceptors (Lipinski definition) is 4. The molecule has 17 heavy (non-hydrogen) atoms. The molecule has 1 aromatic carbocycles. The fourth-order valence-electron chi connectivity index (χ4n) is 1.49. The molecular weight excluding hydrogens is 240 g/mol. The summed E-state index contributed by atoms with van der Waals surface area (Å²) in [7, 11) is -0.0000177. The molecule has 0 radical (unpaired) electrons. The number of primary sulfonamides is 1. The number of nitrogens with zero attached hydrogens (tertiary/aromatic N) is 1. The second kappa shape index (κ2) is 4.19. The summed E-state index contributed by atoms with van der Waals surface area (Å²) >= 11 is 0. The van der Waals surface area contributed by atoms with E-state index in [9.17, 15) is 8.42 Å². The zero-order valence-electron chi connectivity index (χ0n) is 9.88. The Hall–Kier alpha value is -1.27. The summed E-state index contributed by atoms with van der Waals surface area (Å²) < 4.78 is 28.3. The van der Waals surface area contributed by atoms with Crippen LogP contribution < -0.4 is 14.8 Å². The third kappa shape index (κ3) is 2.89. The van der Waals surface area contributed by atoms with E-state index in [1.165, 1.54) is 12.1 Å². The van der Waals surface area contributed by atoms with Gasteiger partial charge in [-0.15, -0.1) is 0 Å². The maximum Gasteiger partial charge on any atom is 0.238 e. The van der Waals surface area contributed by atoms with Gasteiger partial charge in [0.1, 0.15) is 5.75 Å². The predicted molar refractivity (Wildman–Crippen MR) is 65.8 cm³/mol. The highest BCUT2D eigenvalue weighted by molar-refractivity contribution is 7.89. The van der Waals surface area contributed by atoms with Crippen LogP contribution in [0.3, 0.4) is 0 Å². The van der Waals surface area contributed by atoms with Crippen LogP contribution in [0.2, 0.25) is 0 Å². The smallest absolute Gasteiger partial charge is 0.238 e. The van der Waals surface area contributed by atoms with Crippen LogP contribution in [0.4, 0.5) is 5.69 Å². The van der Waals surface area contributed by atoms with E-state index >= 15 is 0 Å². The minimum Gasteiger partial charge on any atom is -0.488 e. The molecule has 0 unspecified atom stereocenters. The van der Waals surface area contributed by atoms with Crippen LogP contribution in [0, 0.1) is 0 Å². The molecule has 1 fully saturated rings. The molecule has 2 N–H and O–H groups in total. The molecule has 2 rings (SSSR count). The predicted octanol–water partition coefficient (Wildman–Crippen LogP) is 0.941. The largest absolute Gasteiger partial charge is 0.488 e. The third-order valence-electron chi connectivity index (χ3n) is 2.56. The van der Waals surface area contributed by atoms with Gasteiger partial charge in [0.25, 0.3) is 0 Å². The molecule has 0 heterocycles. The summed E-state index contributed by atoms with van der Waals surface area (Å²) in [5.41, 5.74) is 0.725. The van der Waals surface area contributed by atoms with Crippen LogP contribution in [0.15, 0.2) is 23.1 Å². The summed E-state index contributed by atoms with van der Waals surface area (Å²) in [5.74, 6) is 0.699. The normalized spacial score (nSPS) is 15.7. The van der Waals surface area contributed by atoms with Gasteiger partial charge in [0.2, 0.25) is 10.0 Å². The van der Waals surface area contributed by atoms with Gasteiger partial charge in [-0.1, -0.05) is 0 Å². The van der Waals surface area contributed by atoms with Crippen molar-refractivity contribution >= 4 is 15.7 Å². The standard InChI is InChI=1S/C11H16N2O3S/c1-13(2)10-7-9(17(12,14)15)5-6-11(10)16-8-3-4-8/h5-8H,3-4H2,1-2H3,(H2,12,14,15). The van der Waals surface area contributed by atoms with Gasteiger partial charge in [-0.3, -0.25) is 0 Å². The van der Waals surface area contributed by atoms with Crippen LogP contribution in [0.1, 0.15) is 12.8 Å². The SMILES string of the molecule is CN(C)c1cc(S(N)(=O)=O)ccc1OC1CC1. The zero-order chi connectivity index (χ0) is 12.6. The van der Waals surface area contributed by atoms with Crippen molar-refractivity contribution in [3.63, 3.8) is 0 Å². The Kier molecular flexibility index (Phi) is 3.01. The fourth-order valence-corrected chi connectivity index (χ4v) is 2.02. The van der Waals surface area contributed by atoms with E-state index in [0.29, 0.717) is 5.75 Å². The van der Waals surface area contributed by atoms with Crippen molar-refractivity contribution in [3.05, 3.63) is 18.2 Å². The number of nitrogens with two attached hydrogens (primary N) is 1. The lowest BCUT2D eigenvalue weighted by Gasteiger charge is -2.18. The average molecular weight is 256 g/mol. The fraction of sp³-hybridized carbons (Fsp3) is 0.455. The van der Waals surface area contributed by atoms with Gasteiger partial charge < -0.3 is 9.64 Å². The Labute approximate surface area is 101 Å². The lowest BCUT2D eigenvalue weighted by atomic mass is 10.3. The average Bonchev–Trinajstić information content (AvgIpc) is 3.00. The van der Waals surface area contributed by atoms with E-state index in [1.54, 1.807) is 6.07 Å². The number of sulfonamides is 1. The van der Waals surface area contributed by atoms with E-state index in [-0.39, 0.29) is 11.0 Å². The Bertz CT molecular complexity index is 522. The topological polar surface area (TPSA) is 72.6 Å². The van der Waals surface area contributed by atoms with Crippen molar-refractivity contribution in [3.8, 4) is 5.75 Å². The summed E-state index contributed by atoms with van der Waals surface area (Å²) in [4.78, 5) is 1.91. The van der Waals surface area contributed by atoms with E-state index < -0.39 is 10.0 Å². The molecule has 0 atom stereocenters. The highest BCUT2D eigenvalue weighted by atomic mass is 32.2. The molecule has 0 aliphatic heterocycles. The first kappa shape index (κ1) is 12.2. The number of hydrogen-bond donors (Lipinski definition) is 1. The maximum absolute atomic E-state index is 11.3. The number of anilines is 1. The Morgan fingerprint density at radius 3 is 2.47 bits per heavy atom. The highest BCUT2D eigenvalue weighted by Gasteiger charge is 2.25. The first-order valence-corrected chi connectivity index (χ1v) is 6.93. The summed E-state index contributed by atoms with van der Waals surface area (Å²) in [6.45, 7) is 0. The molecule has 1 saturated carbocycles. The Morgan fingerprint density at radius 2 is 2.00 bits per heavy atom. The van der Waals surface area contributed by atoms with Crippen molar-refractivity contribution < 1.29 is 13.2 Å². The van der Waals surface area contributed by atoms with Gasteiger partial charge in [-0.2, -0.15) is 0 Å². The molecule has 5 nitrogen and oxygen atoms in total. The van der Waals surface area contributed by atoms with Crippen LogP contribution in [-0.4, -0.2) is 28.6 Å². The molecule has 0 saturated heterocycles. The van der Waals surface area contributed by atoms with Crippen molar-refractivity contribution in [2.45, 2.75) is 23.8 Å². The molecular formula is C11H16N2O3S. The molecule has 1 aromatic rings. The second-order valence-corrected chi connectivity index (χ2v) is 5.95. The molecule has 0 bridgehead atoms. The van der Waals surface area contributed by atoms with Crippen LogP contribution >= 0.6 is 0 Å². The maximum atomic E-state index is 11.3. The molecule has 94 valence electrons. The molecule has 6 heteroatoms. The van der Waals surface area contributed by atoms with Gasteiger partial charge in [0, 0.05) is 14.1 Å². The molecule has 1 aliphatic carbocycles. The monoisotopic (exact) mass is 256 g/mol. The lowest BCUT2D eigenvalue weighted by molar-refractivity contribution is 0.304. The first-order valence-electron chi connectivity index (χ1n) is 5.39. The molecule has 1 aliphatic rings. The minimum atomic E-state index is -3.67. The second-order valence-electron chi connectivity index (χ2n) is 4.39. The number of benzene rings is 1. The quantitative estimate of drug-likeness (QED) is 0.870. The van der Waals surface area contributed by atoms with Crippen LogP contribution in [0.5, 0.6) is 5.75 Å². The summed E-state index contributed by atoms with van der Waals surface area (Å²) in [5, 5.41) is 5.10. The van der Waals surface area contributed by atoms with E-state index in [4.69, 9.17) is 9.88 Å². The van der Waals surface area contributed by atoms with Gasteiger partial charge in [-0.05, 0) is 31.0 Å². The first-order chi connectivity index (χ1) is 7.88. The number of ether oxygens (including phenoxy) is 1. The Balaban J connectivity index is 2.40. The van der Waals surface area contributed by atoms with Gasteiger partial charge in [-0.25, -0.2) is 13.6 Å². The van der Waals surface area contributed by atoms with Crippen molar-refractivity contribution in [1.29, 1.82) is 0 Å².